The van der Waals surface area contributed by atoms with Gasteiger partial charge in [0, 0.05) is 18.6 Å². The lowest BCUT2D eigenvalue weighted by Crippen LogP contribution is -2.17. The van der Waals surface area contributed by atoms with E-state index in [4.69, 9.17) is 16.6 Å². The Morgan fingerprint density at radius 3 is 2.88 bits per heavy atom. The molecule has 0 spiro atoms. The molecule has 0 atom stereocenters. The standard InChI is InChI=1S/C18H19ClN4S/c1-23-10-16(24-18(23)22-13-5-3-2-4-6-13)12-7-8-14-15(9-12)20-11-21-17(14)19/h7-11,13H,2-6H2,1H3. The van der Waals surface area contributed by atoms with E-state index in [1.807, 2.05) is 6.07 Å². The van der Waals surface area contributed by atoms with Crippen LogP contribution in [0.2, 0.25) is 5.15 Å². The second kappa shape index (κ2) is 6.65. The fourth-order valence-corrected chi connectivity index (χ4v) is 4.48. The van der Waals surface area contributed by atoms with Crippen LogP contribution in [0.3, 0.4) is 0 Å². The summed E-state index contributed by atoms with van der Waals surface area (Å²) < 4.78 is 2.13. The van der Waals surface area contributed by atoms with Crippen LogP contribution in [0, 0.1) is 0 Å². The quantitative estimate of drug-likeness (QED) is 0.629. The van der Waals surface area contributed by atoms with Gasteiger partial charge in [0.25, 0.3) is 0 Å². The van der Waals surface area contributed by atoms with Gasteiger partial charge in [0.2, 0.25) is 0 Å². The number of hydrogen-bond acceptors (Lipinski definition) is 4. The molecule has 0 amide bonds. The van der Waals surface area contributed by atoms with Gasteiger partial charge in [0.15, 0.2) is 4.80 Å². The summed E-state index contributed by atoms with van der Waals surface area (Å²) in [5.41, 5.74) is 2.01. The summed E-state index contributed by atoms with van der Waals surface area (Å²) >= 11 is 7.86. The largest absolute Gasteiger partial charge is 0.326 e. The van der Waals surface area contributed by atoms with Crippen LogP contribution in [-0.4, -0.2) is 20.6 Å². The molecule has 4 nitrogen and oxygen atoms in total. The first-order valence-electron chi connectivity index (χ1n) is 8.31. The van der Waals surface area contributed by atoms with E-state index in [2.05, 4.69) is 39.9 Å². The van der Waals surface area contributed by atoms with E-state index >= 15 is 0 Å². The molecule has 0 bridgehead atoms. The van der Waals surface area contributed by atoms with Crippen molar-refractivity contribution in [3.8, 4) is 10.4 Å². The predicted molar refractivity (Wildman–Crippen MR) is 99.3 cm³/mol. The van der Waals surface area contributed by atoms with Gasteiger partial charge in [-0.3, -0.25) is 4.99 Å². The predicted octanol–water partition coefficient (Wildman–Crippen LogP) is 4.58. The summed E-state index contributed by atoms with van der Waals surface area (Å²) in [6.45, 7) is 0. The van der Waals surface area contributed by atoms with E-state index in [0.29, 0.717) is 11.2 Å². The summed E-state index contributed by atoms with van der Waals surface area (Å²) in [6.07, 6.45) is 10.1. The molecule has 6 heteroatoms. The van der Waals surface area contributed by atoms with Crippen LogP contribution in [0.15, 0.2) is 35.7 Å². The fourth-order valence-electron chi connectivity index (χ4n) is 3.22. The van der Waals surface area contributed by atoms with Crippen molar-refractivity contribution in [2.45, 2.75) is 38.1 Å². The van der Waals surface area contributed by atoms with Crippen molar-refractivity contribution in [2.75, 3.05) is 0 Å². The first kappa shape index (κ1) is 15.8. The normalized spacial score (nSPS) is 16.8. The molecule has 0 saturated heterocycles. The molecule has 1 saturated carbocycles. The molecule has 0 N–H and O–H groups in total. The Kier molecular flexibility index (Phi) is 4.37. The number of nitrogens with zero attached hydrogens (tertiary/aromatic N) is 4. The molecule has 1 fully saturated rings. The third kappa shape index (κ3) is 3.10. The van der Waals surface area contributed by atoms with Crippen molar-refractivity contribution >= 4 is 33.8 Å². The van der Waals surface area contributed by atoms with Crippen LogP contribution in [0.25, 0.3) is 21.3 Å². The summed E-state index contributed by atoms with van der Waals surface area (Å²) in [6, 6.07) is 6.62. The maximum absolute atomic E-state index is 6.13. The van der Waals surface area contributed by atoms with E-state index in [9.17, 15) is 0 Å². The molecule has 1 aromatic carbocycles. The van der Waals surface area contributed by atoms with Gasteiger partial charge in [-0.15, -0.1) is 0 Å². The lowest BCUT2D eigenvalue weighted by Gasteiger charge is -2.16. The van der Waals surface area contributed by atoms with Gasteiger partial charge in [0.1, 0.15) is 11.5 Å². The van der Waals surface area contributed by atoms with Crippen LogP contribution in [0.1, 0.15) is 32.1 Å². The lowest BCUT2D eigenvalue weighted by atomic mass is 9.96. The molecule has 24 heavy (non-hydrogen) atoms. The Bertz CT molecular complexity index is 938. The first-order chi connectivity index (χ1) is 11.7. The molecule has 4 rings (SSSR count). The van der Waals surface area contributed by atoms with Gasteiger partial charge in [-0.25, -0.2) is 9.97 Å². The number of aromatic nitrogens is 3. The molecular formula is C18H19ClN4S. The number of benzene rings is 1. The van der Waals surface area contributed by atoms with Crippen LogP contribution in [0.5, 0.6) is 0 Å². The number of hydrogen-bond donors (Lipinski definition) is 0. The highest BCUT2D eigenvalue weighted by Crippen LogP contribution is 2.28. The molecule has 0 unspecified atom stereocenters. The van der Waals surface area contributed by atoms with Crippen molar-refractivity contribution in [1.82, 2.24) is 14.5 Å². The lowest BCUT2D eigenvalue weighted by molar-refractivity contribution is 0.435. The van der Waals surface area contributed by atoms with Crippen LogP contribution in [0.4, 0.5) is 0 Å². The number of aryl methyl sites for hydroxylation is 1. The van der Waals surface area contributed by atoms with E-state index in [0.717, 1.165) is 21.3 Å². The van der Waals surface area contributed by atoms with Crippen molar-refractivity contribution < 1.29 is 0 Å². The topological polar surface area (TPSA) is 43.1 Å². The smallest absolute Gasteiger partial charge is 0.185 e. The van der Waals surface area contributed by atoms with Gasteiger partial charge >= 0.3 is 0 Å². The maximum atomic E-state index is 6.13. The molecule has 124 valence electrons. The number of halogens is 1. The van der Waals surface area contributed by atoms with Crippen LogP contribution < -0.4 is 4.80 Å². The summed E-state index contributed by atoms with van der Waals surface area (Å²) in [7, 11) is 2.07. The highest BCUT2D eigenvalue weighted by atomic mass is 35.5. The Morgan fingerprint density at radius 2 is 2.04 bits per heavy atom. The average molecular weight is 359 g/mol. The molecule has 0 radical (unpaired) electrons. The maximum Gasteiger partial charge on any atom is 0.185 e. The summed E-state index contributed by atoms with van der Waals surface area (Å²) in [4.78, 5) is 15.6. The Morgan fingerprint density at radius 1 is 1.21 bits per heavy atom. The third-order valence-corrected chi connectivity index (χ3v) is 5.99. The fraction of sp³-hybridized carbons (Fsp3) is 0.389. The van der Waals surface area contributed by atoms with Gasteiger partial charge in [-0.2, -0.15) is 0 Å². The molecule has 2 aromatic heterocycles. The van der Waals surface area contributed by atoms with E-state index in [1.54, 1.807) is 11.3 Å². The van der Waals surface area contributed by atoms with E-state index in [-0.39, 0.29) is 0 Å². The average Bonchev–Trinajstić information content (AvgIpc) is 2.96. The van der Waals surface area contributed by atoms with Crippen molar-refractivity contribution in [2.24, 2.45) is 12.0 Å². The minimum Gasteiger partial charge on any atom is -0.326 e. The molecular weight excluding hydrogens is 340 g/mol. The van der Waals surface area contributed by atoms with E-state index < -0.39 is 0 Å². The Hall–Kier alpha value is -1.72. The van der Waals surface area contributed by atoms with Crippen LogP contribution >= 0.6 is 22.9 Å². The monoisotopic (exact) mass is 358 g/mol. The van der Waals surface area contributed by atoms with E-state index in [1.165, 1.54) is 43.3 Å². The minimum atomic E-state index is 0.486. The minimum absolute atomic E-state index is 0.486. The first-order valence-corrected chi connectivity index (χ1v) is 9.51. The molecule has 0 aliphatic heterocycles. The van der Waals surface area contributed by atoms with Crippen molar-refractivity contribution in [3.05, 3.63) is 40.7 Å². The molecule has 1 aliphatic carbocycles. The Labute approximate surface area is 149 Å². The Balaban J connectivity index is 1.72. The molecule has 3 aromatic rings. The third-order valence-electron chi connectivity index (χ3n) is 4.55. The number of thiazole rings is 1. The van der Waals surface area contributed by atoms with Crippen LogP contribution in [-0.2, 0) is 7.05 Å². The number of fused-ring (bicyclic) bond motifs is 1. The highest BCUT2D eigenvalue weighted by Gasteiger charge is 2.13. The second-order valence-corrected chi connectivity index (χ2v) is 7.67. The van der Waals surface area contributed by atoms with Gasteiger partial charge in [0.05, 0.1) is 16.4 Å². The zero-order valence-corrected chi connectivity index (χ0v) is 15.1. The zero-order chi connectivity index (χ0) is 16.5. The zero-order valence-electron chi connectivity index (χ0n) is 13.6. The SMILES string of the molecule is Cn1cc(-c2ccc3c(Cl)ncnc3c2)sc1=NC1CCCCC1. The molecule has 2 heterocycles. The van der Waals surface area contributed by atoms with Gasteiger partial charge < -0.3 is 4.57 Å². The van der Waals surface area contributed by atoms with Gasteiger partial charge in [-0.1, -0.05) is 48.3 Å². The van der Waals surface area contributed by atoms with Crippen molar-refractivity contribution in [3.63, 3.8) is 0 Å². The van der Waals surface area contributed by atoms with Crippen molar-refractivity contribution in [1.29, 1.82) is 0 Å². The van der Waals surface area contributed by atoms with Gasteiger partial charge in [-0.05, 0) is 30.5 Å². The number of rotatable bonds is 2. The summed E-state index contributed by atoms with van der Waals surface area (Å²) in [5, 5.41) is 1.38. The summed E-state index contributed by atoms with van der Waals surface area (Å²) in [5.74, 6) is 0. The second-order valence-electron chi connectivity index (χ2n) is 6.31. The highest BCUT2D eigenvalue weighted by molar-refractivity contribution is 7.12. The molecule has 1 aliphatic rings.